The minimum absolute atomic E-state index is 0.304. The molecule has 0 aromatic heterocycles. The zero-order chi connectivity index (χ0) is 19.2. The Balaban J connectivity index is 1.52. The molecule has 1 fully saturated rings. The minimum Gasteiger partial charge on any atom is -0.325 e. The highest BCUT2D eigenvalue weighted by atomic mass is 16.2. The van der Waals surface area contributed by atoms with Gasteiger partial charge in [0.25, 0.3) is 5.91 Å². The molecule has 0 saturated carbocycles. The maximum atomic E-state index is 13.1. The van der Waals surface area contributed by atoms with Gasteiger partial charge in [-0.15, -0.1) is 0 Å². The van der Waals surface area contributed by atoms with E-state index in [2.05, 4.69) is 10.6 Å². The van der Waals surface area contributed by atoms with Crippen LogP contribution in [0.2, 0.25) is 0 Å². The summed E-state index contributed by atoms with van der Waals surface area (Å²) in [6, 6.07) is 12.7. The summed E-state index contributed by atoms with van der Waals surface area (Å²) >= 11 is 0. The van der Waals surface area contributed by atoms with E-state index in [0.717, 1.165) is 33.6 Å². The zero-order valence-corrected chi connectivity index (χ0v) is 15.3. The molecule has 0 radical (unpaired) electrons. The second-order valence-electron chi connectivity index (χ2n) is 7.23. The number of urea groups is 1. The average molecular weight is 363 g/mol. The molecule has 138 valence electrons. The summed E-state index contributed by atoms with van der Waals surface area (Å²) in [5.41, 5.74) is 3.70. The number of aryl methyl sites for hydroxylation is 3. The predicted octanol–water partition coefficient (Wildman–Crippen LogP) is 2.64. The molecule has 2 aliphatic rings. The first-order chi connectivity index (χ1) is 12.9. The van der Waals surface area contributed by atoms with Crippen LogP contribution in [0.4, 0.5) is 10.5 Å². The van der Waals surface area contributed by atoms with E-state index in [-0.39, 0.29) is 12.5 Å². The van der Waals surface area contributed by atoms with Gasteiger partial charge in [0.1, 0.15) is 12.1 Å². The molecule has 1 atom stereocenters. The van der Waals surface area contributed by atoms with Crippen LogP contribution in [-0.4, -0.2) is 29.3 Å². The van der Waals surface area contributed by atoms with Crippen molar-refractivity contribution in [3.63, 3.8) is 0 Å². The fraction of sp³-hybridized carbons (Fsp3) is 0.286. The van der Waals surface area contributed by atoms with Crippen LogP contribution in [0.25, 0.3) is 0 Å². The first-order valence-corrected chi connectivity index (χ1v) is 9.00. The lowest BCUT2D eigenvalue weighted by Gasteiger charge is -2.22. The number of nitrogens with zero attached hydrogens (tertiary/aromatic N) is 1. The van der Waals surface area contributed by atoms with E-state index in [1.807, 2.05) is 50.2 Å². The third-order valence-corrected chi connectivity index (χ3v) is 5.51. The Labute approximate surface area is 157 Å². The van der Waals surface area contributed by atoms with Crippen molar-refractivity contribution in [2.45, 2.75) is 32.2 Å². The number of imide groups is 1. The van der Waals surface area contributed by atoms with Crippen molar-refractivity contribution in [3.8, 4) is 0 Å². The molecule has 4 amide bonds. The van der Waals surface area contributed by atoms with Crippen molar-refractivity contribution >= 4 is 23.5 Å². The minimum atomic E-state index is -1.03. The van der Waals surface area contributed by atoms with Gasteiger partial charge in [0.2, 0.25) is 5.91 Å². The average Bonchev–Trinajstić information content (AvgIpc) is 3.12. The van der Waals surface area contributed by atoms with Crippen LogP contribution in [0.5, 0.6) is 0 Å². The van der Waals surface area contributed by atoms with Gasteiger partial charge in [-0.1, -0.05) is 30.3 Å². The highest BCUT2D eigenvalue weighted by Gasteiger charge is 2.55. The zero-order valence-electron chi connectivity index (χ0n) is 15.3. The molecule has 2 aromatic carbocycles. The number of nitrogens with one attached hydrogen (secondary N) is 2. The molecule has 1 spiro atoms. The number of hydrogen-bond acceptors (Lipinski definition) is 3. The van der Waals surface area contributed by atoms with E-state index in [1.165, 1.54) is 0 Å². The summed E-state index contributed by atoms with van der Waals surface area (Å²) in [6.45, 7) is 3.65. The van der Waals surface area contributed by atoms with E-state index in [1.54, 1.807) is 6.07 Å². The van der Waals surface area contributed by atoms with Gasteiger partial charge in [-0.05, 0) is 61.1 Å². The van der Waals surface area contributed by atoms with Crippen LogP contribution in [-0.2, 0) is 21.5 Å². The van der Waals surface area contributed by atoms with Crippen molar-refractivity contribution in [2.75, 3.05) is 11.9 Å². The molecule has 2 aromatic rings. The van der Waals surface area contributed by atoms with E-state index in [0.29, 0.717) is 12.1 Å². The summed E-state index contributed by atoms with van der Waals surface area (Å²) in [5.74, 6) is -0.752. The molecule has 27 heavy (non-hydrogen) atoms. The molecule has 0 bridgehead atoms. The molecule has 1 aliphatic carbocycles. The Kier molecular flexibility index (Phi) is 3.98. The number of fused-ring (bicyclic) bond motifs is 2. The Hall–Kier alpha value is -3.15. The third-order valence-electron chi connectivity index (χ3n) is 5.51. The van der Waals surface area contributed by atoms with Crippen molar-refractivity contribution in [2.24, 2.45) is 0 Å². The van der Waals surface area contributed by atoms with Gasteiger partial charge in [0.05, 0.1) is 0 Å². The van der Waals surface area contributed by atoms with Crippen molar-refractivity contribution < 1.29 is 14.4 Å². The lowest BCUT2D eigenvalue weighted by molar-refractivity contribution is -0.134. The number of rotatable bonds is 3. The molecule has 1 heterocycles. The summed E-state index contributed by atoms with van der Waals surface area (Å²) in [4.78, 5) is 38.9. The first-order valence-electron chi connectivity index (χ1n) is 9.00. The van der Waals surface area contributed by atoms with Gasteiger partial charge in [0, 0.05) is 5.69 Å². The quantitative estimate of drug-likeness (QED) is 0.823. The smallest absolute Gasteiger partial charge is 0.325 e. The molecule has 1 aliphatic heterocycles. The van der Waals surface area contributed by atoms with E-state index in [9.17, 15) is 14.4 Å². The molecule has 1 unspecified atom stereocenters. The monoisotopic (exact) mass is 363 g/mol. The fourth-order valence-corrected chi connectivity index (χ4v) is 3.90. The number of hydrogen-bond donors (Lipinski definition) is 2. The molecule has 4 rings (SSSR count). The largest absolute Gasteiger partial charge is 0.325 e. The van der Waals surface area contributed by atoms with Gasteiger partial charge in [0.15, 0.2) is 0 Å². The molecule has 6 nitrogen and oxygen atoms in total. The van der Waals surface area contributed by atoms with Crippen molar-refractivity contribution in [1.82, 2.24) is 10.2 Å². The summed E-state index contributed by atoms with van der Waals surface area (Å²) < 4.78 is 0. The number of benzene rings is 2. The fourth-order valence-electron chi connectivity index (χ4n) is 3.90. The Morgan fingerprint density at radius 3 is 2.70 bits per heavy atom. The summed E-state index contributed by atoms with van der Waals surface area (Å²) in [6.07, 6.45) is 1.25. The van der Waals surface area contributed by atoms with E-state index in [4.69, 9.17) is 0 Å². The van der Waals surface area contributed by atoms with Gasteiger partial charge >= 0.3 is 6.03 Å². The maximum absolute atomic E-state index is 13.1. The van der Waals surface area contributed by atoms with E-state index < -0.39 is 17.5 Å². The molecule has 2 N–H and O–H groups in total. The lowest BCUT2D eigenvalue weighted by atomic mass is 9.92. The van der Waals surface area contributed by atoms with E-state index >= 15 is 0 Å². The molecular formula is C21H21N3O3. The topological polar surface area (TPSA) is 78.5 Å². The summed E-state index contributed by atoms with van der Waals surface area (Å²) in [7, 11) is 0. The van der Waals surface area contributed by atoms with Crippen LogP contribution in [0.1, 0.15) is 28.7 Å². The standard InChI is InChI=1S/C21H21N3O3/c1-13-7-8-16(11-14(13)2)22-18(25)12-24-19(26)21(23-20(24)27)10-9-15-5-3-4-6-17(15)21/h3-8,11H,9-10,12H2,1-2H3,(H,22,25)(H,23,27). The van der Waals surface area contributed by atoms with Crippen LogP contribution in [0.3, 0.4) is 0 Å². The predicted molar refractivity (Wildman–Crippen MR) is 101 cm³/mol. The maximum Gasteiger partial charge on any atom is 0.325 e. The highest BCUT2D eigenvalue weighted by molar-refractivity contribution is 6.10. The molecule has 1 saturated heterocycles. The highest BCUT2D eigenvalue weighted by Crippen LogP contribution is 2.41. The normalized spacial score (nSPS) is 20.7. The third kappa shape index (κ3) is 2.77. The van der Waals surface area contributed by atoms with Crippen LogP contribution in [0, 0.1) is 13.8 Å². The van der Waals surface area contributed by atoms with Gasteiger partial charge in [-0.3, -0.25) is 14.5 Å². The SMILES string of the molecule is Cc1ccc(NC(=O)CN2C(=O)NC3(CCc4ccccc43)C2=O)cc1C. The summed E-state index contributed by atoms with van der Waals surface area (Å²) in [5, 5.41) is 5.59. The molecular weight excluding hydrogens is 342 g/mol. The van der Waals surface area contributed by atoms with Crippen molar-refractivity contribution in [3.05, 3.63) is 64.7 Å². The first kappa shape index (κ1) is 17.3. The van der Waals surface area contributed by atoms with Gasteiger partial charge in [-0.25, -0.2) is 4.79 Å². The van der Waals surface area contributed by atoms with Crippen molar-refractivity contribution in [1.29, 1.82) is 0 Å². The van der Waals surface area contributed by atoms with Crippen LogP contribution >= 0.6 is 0 Å². The number of anilines is 1. The Morgan fingerprint density at radius 2 is 1.93 bits per heavy atom. The van der Waals surface area contributed by atoms with Gasteiger partial charge < -0.3 is 10.6 Å². The second-order valence-corrected chi connectivity index (χ2v) is 7.23. The van der Waals surface area contributed by atoms with Gasteiger partial charge in [-0.2, -0.15) is 0 Å². The molecule has 6 heteroatoms. The van der Waals surface area contributed by atoms with Crippen LogP contribution < -0.4 is 10.6 Å². The number of carbonyl (C=O) groups is 3. The second kappa shape index (κ2) is 6.23. The Bertz CT molecular complexity index is 969. The lowest BCUT2D eigenvalue weighted by Crippen LogP contribution is -2.43. The number of carbonyl (C=O) groups excluding carboxylic acids is 3. The Morgan fingerprint density at radius 1 is 1.15 bits per heavy atom. The number of amides is 4. The van der Waals surface area contributed by atoms with Crippen LogP contribution in [0.15, 0.2) is 42.5 Å².